The van der Waals surface area contributed by atoms with E-state index in [0.717, 1.165) is 12.8 Å². The molecule has 0 radical (unpaired) electrons. The number of benzene rings is 2. The second kappa shape index (κ2) is 7.31. The Hall–Kier alpha value is -3.02. The Balaban J connectivity index is 1.44. The molecule has 2 atom stereocenters. The van der Waals surface area contributed by atoms with E-state index in [1.54, 1.807) is 42.5 Å². The summed E-state index contributed by atoms with van der Waals surface area (Å²) in [5.74, 6) is 1.61. The molecular weight excluding hydrogens is 344 g/mol. The Morgan fingerprint density at radius 3 is 2.48 bits per heavy atom. The quantitative estimate of drug-likeness (QED) is 0.865. The van der Waals surface area contributed by atoms with Gasteiger partial charge in [0.1, 0.15) is 0 Å². The molecule has 6 heteroatoms. The van der Waals surface area contributed by atoms with Crippen molar-refractivity contribution in [1.82, 2.24) is 0 Å². The lowest BCUT2D eigenvalue weighted by Crippen LogP contribution is -2.16. The van der Waals surface area contributed by atoms with Crippen molar-refractivity contribution >= 4 is 23.2 Å². The number of hydrogen-bond donors (Lipinski definition) is 2. The van der Waals surface area contributed by atoms with Crippen molar-refractivity contribution in [2.75, 3.05) is 23.8 Å². The number of amides is 2. The van der Waals surface area contributed by atoms with Crippen LogP contribution in [-0.4, -0.2) is 25.0 Å². The van der Waals surface area contributed by atoms with Crippen LogP contribution in [0, 0.1) is 11.8 Å². The minimum absolute atomic E-state index is 0.0166. The van der Waals surface area contributed by atoms with E-state index in [0.29, 0.717) is 47.6 Å². The number of hydrogen-bond acceptors (Lipinski definition) is 4. The molecule has 0 spiro atoms. The topological polar surface area (TPSA) is 76.7 Å². The monoisotopic (exact) mass is 366 g/mol. The van der Waals surface area contributed by atoms with Gasteiger partial charge in [-0.1, -0.05) is 13.0 Å². The first-order chi connectivity index (χ1) is 13.1. The molecule has 27 heavy (non-hydrogen) atoms. The summed E-state index contributed by atoms with van der Waals surface area (Å²) in [6, 6.07) is 12.3. The molecule has 6 nitrogen and oxygen atoms in total. The predicted octanol–water partition coefficient (Wildman–Crippen LogP) is 3.69. The summed E-state index contributed by atoms with van der Waals surface area (Å²) in [7, 11) is 0. The summed E-state index contributed by atoms with van der Waals surface area (Å²) in [5.41, 5.74) is 1.74. The van der Waals surface area contributed by atoms with Crippen molar-refractivity contribution in [2.24, 2.45) is 11.8 Å². The SMILES string of the molecule is CC1CC1C(=O)Nc1cccc(C(=O)Nc2ccc3c(c2)OCCCO3)c1. The van der Waals surface area contributed by atoms with Crippen molar-refractivity contribution in [3.8, 4) is 11.5 Å². The number of ether oxygens (including phenoxy) is 2. The van der Waals surface area contributed by atoms with Gasteiger partial charge in [0.15, 0.2) is 11.5 Å². The van der Waals surface area contributed by atoms with Crippen LogP contribution >= 0.6 is 0 Å². The Bertz CT molecular complexity index is 880. The summed E-state index contributed by atoms with van der Waals surface area (Å²) in [6.07, 6.45) is 1.75. The lowest BCUT2D eigenvalue weighted by Gasteiger charge is -2.11. The van der Waals surface area contributed by atoms with Crippen molar-refractivity contribution in [3.63, 3.8) is 0 Å². The van der Waals surface area contributed by atoms with Crippen LogP contribution in [0.3, 0.4) is 0 Å². The minimum Gasteiger partial charge on any atom is -0.490 e. The standard InChI is InChI=1S/C21H22N2O4/c1-13-10-17(13)21(25)23-15-5-2-4-14(11-15)20(24)22-16-6-7-18-19(12-16)27-9-3-8-26-18/h2,4-7,11-13,17H,3,8-10H2,1H3,(H,22,24)(H,23,25). The fraction of sp³-hybridized carbons (Fsp3) is 0.333. The molecule has 2 amide bonds. The molecule has 1 fully saturated rings. The van der Waals surface area contributed by atoms with Crippen LogP contribution in [0.5, 0.6) is 11.5 Å². The number of carbonyl (C=O) groups excluding carboxylic acids is 2. The van der Waals surface area contributed by atoms with E-state index >= 15 is 0 Å². The number of fused-ring (bicyclic) bond motifs is 1. The molecule has 0 bridgehead atoms. The van der Waals surface area contributed by atoms with Crippen LogP contribution in [-0.2, 0) is 4.79 Å². The summed E-state index contributed by atoms with van der Waals surface area (Å²) < 4.78 is 11.3. The van der Waals surface area contributed by atoms with Gasteiger partial charge < -0.3 is 20.1 Å². The highest BCUT2D eigenvalue weighted by molar-refractivity contribution is 6.05. The van der Waals surface area contributed by atoms with Gasteiger partial charge in [-0.25, -0.2) is 0 Å². The highest BCUT2D eigenvalue weighted by atomic mass is 16.5. The first kappa shape index (κ1) is 17.4. The Kier molecular flexibility index (Phi) is 4.71. The third-order valence-corrected chi connectivity index (χ3v) is 4.84. The molecule has 1 aliphatic carbocycles. The van der Waals surface area contributed by atoms with Crippen LogP contribution in [0.2, 0.25) is 0 Å². The van der Waals surface area contributed by atoms with E-state index in [9.17, 15) is 9.59 Å². The third kappa shape index (κ3) is 4.05. The van der Waals surface area contributed by atoms with Crippen LogP contribution in [0.4, 0.5) is 11.4 Å². The predicted molar refractivity (Wildman–Crippen MR) is 102 cm³/mol. The van der Waals surface area contributed by atoms with Gasteiger partial charge >= 0.3 is 0 Å². The molecule has 2 unspecified atom stereocenters. The lowest BCUT2D eigenvalue weighted by molar-refractivity contribution is -0.117. The molecular formula is C21H22N2O4. The maximum atomic E-state index is 12.6. The van der Waals surface area contributed by atoms with E-state index < -0.39 is 0 Å². The van der Waals surface area contributed by atoms with Crippen molar-refractivity contribution < 1.29 is 19.1 Å². The summed E-state index contributed by atoms with van der Waals surface area (Å²) in [6.45, 7) is 3.27. The summed E-state index contributed by atoms with van der Waals surface area (Å²) in [5, 5.41) is 5.75. The molecule has 0 saturated heterocycles. The number of carbonyl (C=O) groups is 2. The first-order valence-corrected chi connectivity index (χ1v) is 9.22. The largest absolute Gasteiger partial charge is 0.490 e. The van der Waals surface area contributed by atoms with Gasteiger partial charge in [-0.05, 0) is 42.7 Å². The Morgan fingerprint density at radius 2 is 1.70 bits per heavy atom. The van der Waals surface area contributed by atoms with Gasteiger partial charge in [0.05, 0.1) is 13.2 Å². The van der Waals surface area contributed by atoms with Crippen molar-refractivity contribution in [2.45, 2.75) is 19.8 Å². The van der Waals surface area contributed by atoms with Crippen LogP contribution in [0.25, 0.3) is 0 Å². The van der Waals surface area contributed by atoms with E-state index in [-0.39, 0.29) is 17.7 Å². The van der Waals surface area contributed by atoms with E-state index in [2.05, 4.69) is 17.6 Å². The lowest BCUT2D eigenvalue weighted by atomic mass is 10.1. The highest BCUT2D eigenvalue weighted by Gasteiger charge is 2.39. The zero-order chi connectivity index (χ0) is 18.8. The minimum atomic E-state index is -0.250. The Labute approximate surface area is 157 Å². The van der Waals surface area contributed by atoms with Gasteiger partial charge in [-0.15, -0.1) is 0 Å². The van der Waals surface area contributed by atoms with Gasteiger partial charge in [0, 0.05) is 35.3 Å². The fourth-order valence-electron chi connectivity index (χ4n) is 3.10. The fourth-order valence-corrected chi connectivity index (χ4v) is 3.10. The molecule has 2 aromatic carbocycles. The molecule has 1 aliphatic heterocycles. The van der Waals surface area contributed by atoms with Crippen molar-refractivity contribution in [1.29, 1.82) is 0 Å². The maximum absolute atomic E-state index is 12.6. The zero-order valence-corrected chi connectivity index (χ0v) is 15.2. The average molecular weight is 366 g/mol. The molecule has 140 valence electrons. The second-order valence-electron chi connectivity index (χ2n) is 7.06. The molecule has 2 aliphatic rings. The van der Waals surface area contributed by atoms with Gasteiger partial charge in [0.2, 0.25) is 5.91 Å². The number of nitrogens with one attached hydrogen (secondary N) is 2. The molecule has 1 saturated carbocycles. The number of anilines is 2. The van der Waals surface area contributed by atoms with E-state index in [4.69, 9.17) is 9.47 Å². The smallest absolute Gasteiger partial charge is 0.255 e. The molecule has 2 aromatic rings. The first-order valence-electron chi connectivity index (χ1n) is 9.22. The normalized spacial score (nSPS) is 20.3. The Morgan fingerprint density at radius 1 is 0.963 bits per heavy atom. The maximum Gasteiger partial charge on any atom is 0.255 e. The van der Waals surface area contributed by atoms with Crippen LogP contribution < -0.4 is 20.1 Å². The third-order valence-electron chi connectivity index (χ3n) is 4.84. The number of rotatable bonds is 4. The van der Waals surface area contributed by atoms with Gasteiger partial charge in [0.25, 0.3) is 5.91 Å². The van der Waals surface area contributed by atoms with Crippen molar-refractivity contribution in [3.05, 3.63) is 48.0 Å². The van der Waals surface area contributed by atoms with E-state index in [1.807, 2.05) is 0 Å². The second-order valence-corrected chi connectivity index (χ2v) is 7.06. The van der Waals surface area contributed by atoms with Crippen LogP contribution in [0.1, 0.15) is 30.1 Å². The molecule has 0 aromatic heterocycles. The molecule has 4 rings (SSSR count). The van der Waals surface area contributed by atoms with Gasteiger partial charge in [-0.3, -0.25) is 9.59 Å². The molecule has 2 N–H and O–H groups in total. The van der Waals surface area contributed by atoms with Crippen LogP contribution in [0.15, 0.2) is 42.5 Å². The van der Waals surface area contributed by atoms with Gasteiger partial charge in [-0.2, -0.15) is 0 Å². The summed E-state index contributed by atoms with van der Waals surface area (Å²) >= 11 is 0. The highest BCUT2D eigenvalue weighted by Crippen LogP contribution is 2.38. The summed E-state index contributed by atoms with van der Waals surface area (Å²) in [4.78, 5) is 24.7. The average Bonchev–Trinajstić information content (AvgIpc) is 3.43. The van der Waals surface area contributed by atoms with E-state index in [1.165, 1.54) is 0 Å². The molecule has 1 heterocycles. The zero-order valence-electron chi connectivity index (χ0n) is 15.2.